The van der Waals surface area contributed by atoms with Crippen LogP contribution < -0.4 is 0 Å². The first-order valence-corrected chi connectivity index (χ1v) is 8.34. The van der Waals surface area contributed by atoms with Crippen LogP contribution >= 0.6 is 11.3 Å². The maximum absolute atomic E-state index is 11.5. The Morgan fingerprint density at radius 2 is 2.19 bits per heavy atom. The zero-order valence-corrected chi connectivity index (χ0v) is 13.1. The van der Waals surface area contributed by atoms with Crippen molar-refractivity contribution < 1.29 is 4.79 Å². The first-order chi connectivity index (χ1) is 10.2. The summed E-state index contributed by atoms with van der Waals surface area (Å²) in [6.45, 7) is 3.38. The van der Waals surface area contributed by atoms with E-state index in [4.69, 9.17) is 4.98 Å². The van der Waals surface area contributed by atoms with Gasteiger partial charge in [-0.15, -0.1) is 11.3 Å². The first-order valence-electron chi connectivity index (χ1n) is 7.46. The molecule has 1 saturated heterocycles. The third-order valence-corrected chi connectivity index (χ3v) is 5.07. The van der Waals surface area contributed by atoms with Crippen molar-refractivity contribution in [2.24, 2.45) is 0 Å². The summed E-state index contributed by atoms with van der Waals surface area (Å²) in [4.78, 5) is 18.3. The van der Waals surface area contributed by atoms with E-state index in [1.54, 1.807) is 18.3 Å². The van der Waals surface area contributed by atoms with Crippen LogP contribution in [0.25, 0.3) is 0 Å². The van der Waals surface area contributed by atoms with E-state index in [1.165, 1.54) is 10.6 Å². The molecule has 0 spiro atoms. The Kier molecular flexibility index (Phi) is 4.34. The molecule has 0 aliphatic carbocycles. The predicted octanol–water partition coefficient (Wildman–Crippen LogP) is 3.46. The van der Waals surface area contributed by atoms with Crippen LogP contribution in [0.15, 0.2) is 35.7 Å². The maximum Gasteiger partial charge on any atom is 0.219 e. The van der Waals surface area contributed by atoms with E-state index >= 15 is 0 Å². The number of hydrogen-bond acceptors (Lipinski definition) is 3. The number of rotatable bonds is 3. The van der Waals surface area contributed by atoms with Gasteiger partial charge in [0.1, 0.15) is 0 Å². The van der Waals surface area contributed by atoms with E-state index in [-0.39, 0.29) is 5.91 Å². The van der Waals surface area contributed by atoms with E-state index in [2.05, 4.69) is 29.6 Å². The van der Waals surface area contributed by atoms with Crippen LogP contribution in [0.3, 0.4) is 0 Å². The van der Waals surface area contributed by atoms with Gasteiger partial charge in [-0.3, -0.25) is 4.79 Å². The van der Waals surface area contributed by atoms with Gasteiger partial charge in [0.25, 0.3) is 0 Å². The summed E-state index contributed by atoms with van der Waals surface area (Å²) in [7, 11) is 0. The molecule has 0 N–H and O–H groups in total. The minimum Gasteiger partial charge on any atom is -0.342 e. The summed E-state index contributed by atoms with van der Waals surface area (Å²) in [5.74, 6) is 0.595. The molecular formula is C17H20N2OS. The Bertz CT molecular complexity index is 608. The molecule has 1 aromatic heterocycles. The van der Waals surface area contributed by atoms with Crippen molar-refractivity contribution >= 4 is 17.2 Å². The highest BCUT2D eigenvalue weighted by atomic mass is 32.1. The average Bonchev–Trinajstić information content (AvgIpc) is 2.97. The van der Waals surface area contributed by atoms with Crippen LogP contribution in [-0.2, 0) is 11.2 Å². The lowest BCUT2D eigenvalue weighted by Gasteiger charge is -2.30. The van der Waals surface area contributed by atoms with Gasteiger partial charge in [-0.2, -0.15) is 0 Å². The molecule has 1 fully saturated rings. The lowest BCUT2D eigenvalue weighted by molar-refractivity contribution is -0.130. The molecule has 1 unspecified atom stereocenters. The second kappa shape index (κ2) is 6.39. The minimum atomic E-state index is 0.181. The monoisotopic (exact) mass is 300 g/mol. The number of carbonyl (C=O) groups excluding carboxylic acids is 1. The lowest BCUT2D eigenvalue weighted by atomic mass is 9.98. The highest BCUT2D eigenvalue weighted by Crippen LogP contribution is 2.29. The summed E-state index contributed by atoms with van der Waals surface area (Å²) in [6.07, 6.45) is 3.11. The van der Waals surface area contributed by atoms with Crippen LogP contribution in [0.2, 0.25) is 0 Å². The van der Waals surface area contributed by atoms with Crippen molar-refractivity contribution in [1.29, 1.82) is 0 Å². The minimum absolute atomic E-state index is 0.181. The van der Waals surface area contributed by atoms with Gasteiger partial charge in [0, 0.05) is 37.7 Å². The fraction of sp³-hybridized carbons (Fsp3) is 0.412. The van der Waals surface area contributed by atoms with Crippen molar-refractivity contribution in [2.45, 2.75) is 32.1 Å². The summed E-state index contributed by atoms with van der Waals surface area (Å²) < 4.78 is 0. The number of benzene rings is 1. The third-order valence-electron chi connectivity index (χ3n) is 4.01. The maximum atomic E-state index is 11.5. The predicted molar refractivity (Wildman–Crippen MR) is 85.6 cm³/mol. The highest BCUT2D eigenvalue weighted by molar-refractivity contribution is 7.09. The largest absolute Gasteiger partial charge is 0.342 e. The molecule has 110 valence electrons. The van der Waals surface area contributed by atoms with Crippen molar-refractivity contribution in [3.8, 4) is 0 Å². The molecule has 1 atom stereocenters. The van der Waals surface area contributed by atoms with Gasteiger partial charge in [0.15, 0.2) is 0 Å². The molecule has 2 aromatic rings. The number of carbonyl (C=O) groups is 1. The standard InChI is InChI=1S/C17H20N2OS/c1-13(20)19-9-5-8-15(11-19)17-18-16(12-21-17)10-14-6-3-2-4-7-14/h2-4,6-7,12,15H,5,8-11H2,1H3. The molecule has 0 radical (unpaired) electrons. The van der Waals surface area contributed by atoms with Crippen molar-refractivity contribution in [1.82, 2.24) is 9.88 Å². The van der Waals surface area contributed by atoms with E-state index < -0.39 is 0 Å². The van der Waals surface area contributed by atoms with Crippen LogP contribution in [-0.4, -0.2) is 28.9 Å². The second-order valence-electron chi connectivity index (χ2n) is 5.64. The number of nitrogens with zero attached hydrogens (tertiary/aromatic N) is 2. The average molecular weight is 300 g/mol. The van der Waals surface area contributed by atoms with Gasteiger partial charge in [-0.25, -0.2) is 4.98 Å². The summed E-state index contributed by atoms with van der Waals surface area (Å²) in [6, 6.07) is 10.4. The molecule has 1 aliphatic rings. The smallest absolute Gasteiger partial charge is 0.219 e. The topological polar surface area (TPSA) is 33.2 Å². The molecule has 1 amide bonds. The van der Waals surface area contributed by atoms with E-state index in [0.717, 1.165) is 38.0 Å². The molecule has 0 saturated carbocycles. The molecule has 1 aliphatic heterocycles. The summed E-state index contributed by atoms with van der Waals surface area (Å²) in [5, 5.41) is 3.35. The molecule has 0 bridgehead atoms. The van der Waals surface area contributed by atoms with Crippen molar-refractivity contribution in [3.05, 3.63) is 52.0 Å². The molecule has 2 heterocycles. The Morgan fingerprint density at radius 1 is 1.38 bits per heavy atom. The summed E-state index contributed by atoms with van der Waals surface area (Å²) >= 11 is 1.74. The third kappa shape index (κ3) is 3.50. The molecule has 3 rings (SSSR count). The number of likely N-dealkylation sites (tertiary alicyclic amines) is 1. The molecular weight excluding hydrogens is 280 g/mol. The Balaban J connectivity index is 1.68. The fourth-order valence-electron chi connectivity index (χ4n) is 2.86. The van der Waals surface area contributed by atoms with Crippen LogP contribution in [0.5, 0.6) is 0 Å². The van der Waals surface area contributed by atoms with Gasteiger partial charge in [0.05, 0.1) is 10.7 Å². The summed E-state index contributed by atoms with van der Waals surface area (Å²) in [5.41, 5.74) is 2.43. The first kappa shape index (κ1) is 14.3. The number of aromatic nitrogens is 1. The number of piperidine rings is 1. The second-order valence-corrected chi connectivity index (χ2v) is 6.53. The van der Waals surface area contributed by atoms with Crippen LogP contribution in [0.4, 0.5) is 0 Å². The lowest BCUT2D eigenvalue weighted by Crippen LogP contribution is -2.37. The fourth-order valence-corrected chi connectivity index (χ4v) is 3.81. The Morgan fingerprint density at radius 3 is 2.95 bits per heavy atom. The van der Waals surface area contributed by atoms with Gasteiger partial charge in [-0.1, -0.05) is 30.3 Å². The molecule has 4 heteroatoms. The van der Waals surface area contributed by atoms with Gasteiger partial charge in [-0.05, 0) is 18.4 Å². The number of amides is 1. The Hall–Kier alpha value is -1.68. The quantitative estimate of drug-likeness (QED) is 0.869. The molecule has 3 nitrogen and oxygen atoms in total. The van der Waals surface area contributed by atoms with E-state index in [9.17, 15) is 4.79 Å². The molecule has 21 heavy (non-hydrogen) atoms. The van der Waals surface area contributed by atoms with Crippen LogP contribution in [0.1, 0.15) is 41.9 Å². The van der Waals surface area contributed by atoms with Gasteiger partial charge in [0.2, 0.25) is 5.91 Å². The zero-order chi connectivity index (χ0) is 14.7. The van der Waals surface area contributed by atoms with E-state index in [1.807, 2.05) is 11.0 Å². The number of hydrogen-bond donors (Lipinski definition) is 0. The highest BCUT2D eigenvalue weighted by Gasteiger charge is 2.24. The Labute approximate surface area is 129 Å². The van der Waals surface area contributed by atoms with Gasteiger partial charge < -0.3 is 4.90 Å². The van der Waals surface area contributed by atoms with E-state index in [0.29, 0.717) is 5.92 Å². The number of thiazole rings is 1. The normalized spacial score (nSPS) is 18.7. The SMILES string of the molecule is CC(=O)N1CCCC(c2nc(Cc3ccccc3)cs2)C1. The molecule has 1 aromatic carbocycles. The van der Waals surface area contributed by atoms with Gasteiger partial charge >= 0.3 is 0 Å². The zero-order valence-electron chi connectivity index (χ0n) is 12.3. The van der Waals surface area contributed by atoms with Crippen molar-refractivity contribution in [3.63, 3.8) is 0 Å². The van der Waals surface area contributed by atoms with Crippen LogP contribution in [0, 0.1) is 0 Å². The van der Waals surface area contributed by atoms with Crippen molar-refractivity contribution in [2.75, 3.05) is 13.1 Å².